The first-order chi connectivity index (χ1) is 7.49. The van der Waals surface area contributed by atoms with Crippen molar-refractivity contribution in [3.63, 3.8) is 0 Å². The second kappa shape index (κ2) is 5.32. The van der Waals surface area contributed by atoms with Crippen LogP contribution in [-0.2, 0) is 19.0 Å². The first-order valence-corrected chi connectivity index (χ1v) is 4.89. The lowest BCUT2D eigenvalue weighted by Gasteiger charge is -2.13. The van der Waals surface area contributed by atoms with E-state index in [1.807, 2.05) is 0 Å². The van der Waals surface area contributed by atoms with Crippen molar-refractivity contribution in [2.45, 2.75) is 19.0 Å². The van der Waals surface area contributed by atoms with Gasteiger partial charge < -0.3 is 10.2 Å². The maximum atomic E-state index is 12.6. The lowest BCUT2D eigenvalue weighted by Crippen LogP contribution is -2.11. The number of alkyl halides is 3. The summed E-state index contributed by atoms with van der Waals surface area (Å²) in [5.74, 6) is 0. The van der Waals surface area contributed by atoms with Crippen molar-refractivity contribution >= 4 is 0 Å². The Bertz CT molecular complexity index is 348. The third kappa shape index (κ3) is 3.21. The van der Waals surface area contributed by atoms with Crippen molar-refractivity contribution < 1.29 is 23.4 Å². The van der Waals surface area contributed by atoms with Crippen LogP contribution in [0.2, 0.25) is 0 Å². The summed E-state index contributed by atoms with van der Waals surface area (Å²) in [7, 11) is 0. The predicted molar refractivity (Wildman–Crippen MR) is 53.0 cm³/mol. The van der Waals surface area contributed by atoms with Gasteiger partial charge in [0.25, 0.3) is 0 Å². The summed E-state index contributed by atoms with van der Waals surface area (Å²) in [5, 5.41) is 17.3. The number of aliphatic hydroxyl groups is 2. The zero-order chi connectivity index (χ0) is 12.2. The molecular formula is C11H13F3O2. The van der Waals surface area contributed by atoms with Crippen molar-refractivity contribution in [1.29, 1.82) is 0 Å². The van der Waals surface area contributed by atoms with Crippen molar-refractivity contribution in [2.75, 3.05) is 13.2 Å². The molecule has 5 heteroatoms. The number of benzene rings is 1. The van der Waals surface area contributed by atoms with E-state index in [4.69, 9.17) is 10.2 Å². The van der Waals surface area contributed by atoms with Crippen LogP contribution in [0.5, 0.6) is 0 Å². The van der Waals surface area contributed by atoms with Gasteiger partial charge in [0, 0.05) is 13.2 Å². The molecule has 1 aromatic rings. The molecule has 0 aliphatic carbocycles. The molecule has 0 aliphatic rings. The molecule has 0 bridgehead atoms. The van der Waals surface area contributed by atoms with Crippen LogP contribution in [0.3, 0.4) is 0 Å². The molecule has 1 rings (SSSR count). The summed E-state index contributed by atoms with van der Waals surface area (Å²) in [6, 6.07) is 3.92. The van der Waals surface area contributed by atoms with Crippen molar-refractivity contribution in [3.05, 3.63) is 34.9 Å². The van der Waals surface area contributed by atoms with Crippen LogP contribution in [0, 0.1) is 0 Å². The zero-order valence-electron chi connectivity index (χ0n) is 8.59. The van der Waals surface area contributed by atoms with E-state index in [9.17, 15) is 13.2 Å². The minimum Gasteiger partial charge on any atom is -0.396 e. The predicted octanol–water partition coefficient (Wildman–Crippen LogP) is 1.78. The fourth-order valence-corrected chi connectivity index (χ4v) is 1.51. The van der Waals surface area contributed by atoms with Gasteiger partial charge in [-0.3, -0.25) is 0 Å². The van der Waals surface area contributed by atoms with Crippen LogP contribution >= 0.6 is 0 Å². The van der Waals surface area contributed by atoms with Crippen molar-refractivity contribution in [3.8, 4) is 0 Å². The van der Waals surface area contributed by atoms with E-state index >= 15 is 0 Å². The molecule has 2 nitrogen and oxygen atoms in total. The van der Waals surface area contributed by atoms with Crippen molar-refractivity contribution in [2.24, 2.45) is 0 Å². The fourth-order valence-electron chi connectivity index (χ4n) is 1.51. The molecule has 1 aromatic carbocycles. The molecule has 0 unspecified atom stereocenters. The molecule has 16 heavy (non-hydrogen) atoms. The topological polar surface area (TPSA) is 40.5 Å². The summed E-state index contributed by atoms with van der Waals surface area (Å²) < 4.78 is 37.9. The van der Waals surface area contributed by atoms with E-state index in [1.54, 1.807) is 0 Å². The first-order valence-electron chi connectivity index (χ1n) is 4.89. The van der Waals surface area contributed by atoms with Crippen LogP contribution in [0.25, 0.3) is 0 Å². The van der Waals surface area contributed by atoms with Gasteiger partial charge in [0.2, 0.25) is 0 Å². The number of aliphatic hydroxyl groups excluding tert-OH is 2. The maximum absolute atomic E-state index is 12.6. The van der Waals surface area contributed by atoms with E-state index in [-0.39, 0.29) is 31.6 Å². The second-order valence-electron chi connectivity index (χ2n) is 3.44. The Kier molecular flexibility index (Phi) is 4.32. The molecule has 0 spiro atoms. The van der Waals surface area contributed by atoms with Crippen LogP contribution in [0.4, 0.5) is 13.2 Å². The fraction of sp³-hybridized carbons (Fsp3) is 0.455. The van der Waals surface area contributed by atoms with Gasteiger partial charge in [0.15, 0.2) is 0 Å². The largest absolute Gasteiger partial charge is 0.416 e. The molecule has 0 heterocycles. The SMILES string of the molecule is OCCc1ccc(CCO)c(C(F)(F)F)c1. The monoisotopic (exact) mass is 234 g/mol. The summed E-state index contributed by atoms with van der Waals surface area (Å²) in [4.78, 5) is 0. The van der Waals surface area contributed by atoms with Crippen LogP contribution in [0.15, 0.2) is 18.2 Å². The van der Waals surface area contributed by atoms with E-state index < -0.39 is 11.7 Å². The highest BCUT2D eigenvalue weighted by Gasteiger charge is 2.33. The molecule has 0 saturated carbocycles. The molecule has 0 amide bonds. The van der Waals surface area contributed by atoms with E-state index in [2.05, 4.69) is 0 Å². The van der Waals surface area contributed by atoms with E-state index in [1.165, 1.54) is 12.1 Å². The summed E-state index contributed by atoms with van der Waals surface area (Å²) in [5.41, 5.74) is -0.208. The quantitative estimate of drug-likeness (QED) is 0.833. The Morgan fingerprint density at radius 3 is 2.12 bits per heavy atom. The summed E-state index contributed by atoms with van der Waals surface area (Å²) in [6.07, 6.45) is -4.24. The molecule has 0 aliphatic heterocycles. The van der Waals surface area contributed by atoms with E-state index in [0.29, 0.717) is 5.56 Å². The average Bonchev–Trinajstić information content (AvgIpc) is 2.19. The number of hydrogen-bond acceptors (Lipinski definition) is 2. The van der Waals surface area contributed by atoms with E-state index in [0.717, 1.165) is 6.07 Å². The highest BCUT2D eigenvalue weighted by atomic mass is 19.4. The summed E-state index contributed by atoms with van der Waals surface area (Å²) in [6.45, 7) is -0.501. The van der Waals surface area contributed by atoms with Gasteiger partial charge in [-0.25, -0.2) is 0 Å². The number of rotatable bonds is 4. The smallest absolute Gasteiger partial charge is 0.396 e. The van der Waals surface area contributed by atoms with Gasteiger partial charge in [-0.1, -0.05) is 12.1 Å². The lowest BCUT2D eigenvalue weighted by molar-refractivity contribution is -0.138. The third-order valence-electron chi connectivity index (χ3n) is 2.26. The Labute approximate surface area is 91.3 Å². The Morgan fingerprint density at radius 1 is 1.00 bits per heavy atom. The molecular weight excluding hydrogens is 221 g/mol. The molecule has 0 atom stereocenters. The van der Waals surface area contributed by atoms with Crippen LogP contribution < -0.4 is 0 Å². The molecule has 0 saturated heterocycles. The van der Waals surface area contributed by atoms with Gasteiger partial charge >= 0.3 is 6.18 Å². The second-order valence-corrected chi connectivity index (χ2v) is 3.44. The third-order valence-corrected chi connectivity index (χ3v) is 2.26. The molecule has 2 N–H and O–H groups in total. The molecule has 0 radical (unpaired) electrons. The molecule has 0 fully saturated rings. The highest BCUT2D eigenvalue weighted by Crippen LogP contribution is 2.33. The van der Waals surface area contributed by atoms with Crippen molar-refractivity contribution in [1.82, 2.24) is 0 Å². The Hall–Kier alpha value is -1.07. The van der Waals surface area contributed by atoms with Gasteiger partial charge in [-0.15, -0.1) is 0 Å². The first kappa shape index (κ1) is 13.0. The normalized spacial score (nSPS) is 11.8. The van der Waals surface area contributed by atoms with Crippen LogP contribution in [0.1, 0.15) is 16.7 Å². The standard InChI is InChI=1S/C11H13F3O2/c12-11(13,14)10-7-8(3-5-15)1-2-9(10)4-6-16/h1-2,7,15-16H,3-6H2. The number of hydrogen-bond donors (Lipinski definition) is 2. The number of halogens is 3. The minimum atomic E-state index is -4.42. The zero-order valence-corrected chi connectivity index (χ0v) is 8.59. The van der Waals surface area contributed by atoms with Gasteiger partial charge in [0.05, 0.1) is 5.56 Å². The molecule has 90 valence electrons. The van der Waals surface area contributed by atoms with Gasteiger partial charge in [0.1, 0.15) is 0 Å². The average molecular weight is 234 g/mol. The minimum absolute atomic E-state index is 0.0196. The van der Waals surface area contributed by atoms with Gasteiger partial charge in [-0.2, -0.15) is 13.2 Å². The van der Waals surface area contributed by atoms with Gasteiger partial charge in [-0.05, 0) is 30.0 Å². The Morgan fingerprint density at radius 2 is 1.62 bits per heavy atom. The highest BCUT2D eigenvalue weighted by molar-refractivity contribution is 5.34. The van der Waals surface area contributed by atoms with Crippen LogP contribution in [-0.4, -0.2) is 23.4 Å². The lowest BCUT2D eigenvalue weighted by atomic mass is 10.00. The maximum Gasteiger partial charge on any atom is 0.416 e. The summed E-state index contributed by atoms with van der Waals surface area (Å²) >= 11 is 0. The molecule has 0 aromatic heterocycles. The Balaban J connectivity index is 3.11.